The van der Waals surface area contributed by atoms with E-state index in [2.05, 4.69) is 15.6 Å². The fourth-order valence-electron chi connectivity index (χ4n) is 2.30. The number of thiazole rings is 1. The van der Waals surface area contributed by atoms with Gasteiger partial charge in [0.05, 0.1) is 17.7 Å². The van der Waals surface area contributed by atoms with Crippen LogP contribution in [-0.2, 0) is 29.1 Å². The number of rotatable bonds is 5. The van der Waals surface area contributed by atoms with Crippen molar-refractivity contribution < 1.29 is 19.1 Å². The molecule has 0 unspecified atom stereocenters. The minimum absolute atomic E-state index is 0.0390. The first-order valence-electron chi connectivity index (χ1n) is 7.29. The number of esters is 1. The number of benzene rings is 1. The molecule has 124 valence electrons. The highest BCUT2D eigenvalue weighted by Crippen LogP contribution is 2.18. The molecule has 0 fully saturated rings. The van der Waals surface area contributed by atoms with Gasteiger partial charge in [-0.05, 0) is 23.8 Å². The first-order chi connectivity index (χ1) is 11.6. The first kappa shape index (κ1) is 16.1. The summed E-state index contributed by atoms with van der Waals surface area (Å²) in [6, 6.07) is 4.86. The average molecular weight is 345 g/mol. The number of carbonyl (C=O) groups excluding carboxylic acids is 3. The SMILES string of the molecule is CNC(=O)Cc1nc(COC(=O)c2ccc3c(c2)CNC3=O)cs1. The lowest BCUT2D eigenvalue weighted by atomic mass is 10.1. The molecule has 0 atom stereocenters. The highest BCUT2D eigenvalue weighted by atomic mass is 32.1. The zero-order valence-corrected chi connectivity index (χ0v) is 13.7. The third-order valence-electron chi connectivity index (χ3n) is 3.57. The van der Waals surface area contributed by atoms with Crippen molar-refractivity contribution in [1.82, 2.24) is 15.6 Å². The summed E-state index contributed by atoms with van der Waals surface area (Å²) >= 11 is 1.35. The number of amides is 2. The maximum absolute atomic E-state index is 12.1. The molecule has 0 spiro atoms. The molecule has 2 heterocycles. The number of hydrogen-bond donors (Lipinski definition) is 2. The molecule has 0 radical (unpaired) electrons. The molecule has 2 N–H and O–H groups in total. The van der Waals surface area contributed by atoms with Gasteiger partial charge in [-0.1, -0.05) is 0 Å². The zero-order chi connectivity index (χ0) is 17.1. The largest absolute Gasteiger partial charge is 0.456 e. The zero-order valence-electron chi connectivity index (χ0n) is 12.9. The van der Waals surface area contributed by atoms with Crippen LogP contribution in [0.25, 0.3) is 0 Å². The van der Waals surface area contributed by atoms with Gasteiger partial charge in [0.2, 0.25) is 5.91 Å². The van der Waals surface area contributed by atoms with Crippen LogP contribution in [-0.4, -0.2) is 29.8 Å². The Balaban J connectivity index is 1.60. The van der Waals surface area contributed by atoms with Crippen molar-refractivity contribution in [3.05, 3.63) is 51.0 Å². The summed E-state index contributed by atoms with van der Waals surface area (Å²) in [4.78, 5) is 39.2. The van der Waals surface area contributed by atoms with Gasteiger partial charge in [-0.3, -0.25) is 9.59 Å². The molecule has 24 heavy (non-hydrogen) atoms. The Morgan fingerprint density at radius 2 is 2.25 bits per heavy atom. The van der Waals surface area contributed by atoms with E-state index < -0.39 is 5.97 Å². The maximum Gasteiger partial charge on any atom is 0.338 e. The topological polar surface area (TPSA) is 97.4 Å². The van der Waals surface area contributed by atoms with E-state index in [9.17, 15) is 14.4 Å². The van der Waals surface area contributed by atoms with E-state index in [1.54, 1.807) is 30.6 Å². The van der Waals surface area contributed by atoms with Crippen LogP contribution in [0.15, 0.2) is 23.6 Å². The molecule has 8 heteroatoms. The minimum Gasteiger partial charge on any atom is -0.456 e. The van der Waals surface area contributed by atoms with Gasteiger partial charge >= 0.3 is 5.97 Å². The summed E-state index contributed by atoms with van der Waals surface area (Å²) in [6.45, 7) is 0.460. The normalized spacial score (nSPS) is 12.5. The average Bonchev–Trinajstić information content (AvgIpc) is 3.19. The molecular formula is C16H15N3O4S. The van der Waals surface area contributed by atoms with Crippen molar-refractivity contribution in [2.45, 2.75) is 19.6 Å². The second kappa shape index (κ2) is 6.79. The van der Waals surface area contributed by atoms with Crippen LogP contribution in [0.4, 0.5) is 0 Å². The number of hydrogen-bond acceptors (Lipinski definition) is 6. The number of nitrogens with one attached hydrogen (secondary N) is 2. The Bertz CT molecular complexity index is 815. The fourth-order valence-corrected chi connectivity index (χ4v) is 3.08. The van der Waals surface area contributed by atoms with E-state index in [1.165, 1.54) is 11.3 Å². The minimum atomic E-state index is -0.474. The predicted octanol–water partition coefficient (Wildman–Crippen LogP) is 1.03. The van der Waals surface area contributed by atoms with Crippen molar-refractivity contribution in [3.8, 4) is 0 Å². The number of aromatic nitrogens is 1. The van der Waals surface area contributed by atoms with Gasteiger partial charge in [0.25, 0.3) is 5.91 Å². The molecule has 1 aliphatic heterocycles. The van der Waals surface area contributed by atoms with Crippen molar-refractivity contribution in [2.24, 2.45) is 0 Å². The Morgan fingerprint density at radius 1 is 1.42 bits per heavy atom. The van der Waals surface area contributed by atoms with Gasteiger partial charge in [0.1, 0.15) is 11.6 Å². The molecule has 2 amide bonds. The summed E-state index contributed by atoms with van der Waals surface area (Å²) in [7, 11) is 1.57. The second-order valence-electron chi connectivity index (χ2n) is 5.21. The summed E-state index contributed by atoms with van der Waals surface area (Å²) in [5.41, 5.74) is 2.37. The Kier molecular flexibility index (Phi) is 4.57. The van der Waals surface area contributed by atoms with Gasteiger partial charge < -0.3 is 15.4 Å². The molecule has 1 aliphatic rings. The third-order valence-corrected chi connectivity index (χ3v) is 4.46. The lowest BCUT2D eigenvalue weighted by Crippen LogP contribution is -2.19. The Labute approximate surface area is 142 Å². The number of carbonyl (C=O) groups is 3. The van der Waals surface area contributed by atoms with Crippen LogP contribution in [0, 0.1) is 0 Å². The van der Waals surface area contributed by atoms with E-state index in [0.29, 0.717) is 28.4 Å². The maximum atomic E-state index is 12.1. The summed E-state index contributed by atoms with van der Waals surface area (Å²) in [6.07, 6.45) is 0.209. The Hall–Kier alpha value is -2.74. The van der Waals surface area contributed by atoms with Crippen molar-refractivity contribution in [3.63, 3.8) is 0 Å². The van der Waals surface area contributed by atoms with Gasteiger partial charge in [-0.2, -0.15) is 0 Å². The van der Waals surface area contributed by atoms with E-state index in [0.717, 1.165) is 5.56 Å². The molecule has 0 bridgehead atoms. The monoisotopic (exact) mass is 345 g/mol. The van der Waals surface area contributed by atoms with Gasteiger partial charge in [0, 0.05) is 24.5 Å². The van der Waals surface area contributed by atoms with Crippen molar-refractivity contribution in [1.29, 1.82) is 0 Å². The smallest absolute Gasteiger partial charge is 0.338 e. The summed E-state index contributed by atoms with van der Waals surface area (Å²) in [5, 5.41) is 7.66. The first-order valence-corrected chi connectivity index (χ1v) is 8.17. The second-order valence-corrected chi connectivity index (χ2v) is 6.16. The van der Waals surface area contributed by atoms with Gasteiger partial charge in [0.15, 0.2) is 0 Å². The Morgan fingerprint density at radius 3 is 3.04 bits per heavy atom. The molecule has 0 saturated heterocycles. The highest BCUT2D eigenvalue weighted by Gasteiger charge is 2.20. The van der Waals surface area contributed by atoms with Crippen LogP contribution < -0.4 is 10.6 Å². The molecule has 3 rings (SSSR count). The lowest BCUT2D eigenvalue weighted by Gasteiger charge is -2.04. The number of likely N-dealkylation sites (N-methyl/N-ethyl adjacent to an activating group) is 1. The van der Waals surface area contributed by atoms with E-state index >= 15 is 0 Å². The number of nitrogens with zero attached hydrogens (tertiary/aromatic N) is 1. The molecule has 0 aliphatic carbocycles. The van der Waals surface area contributed by atoms with Crippen molar-refractivity contribution in [2.75, 3.05) is 7.05 Å². The molecule has 0 saturated carbocycles. The standard InChI is InChI=1S/C16H15N3O4S/c1-17-13(20)5-14-19-11(8-24-14)7-23-16(22)9-2-3-12-10(4-9)6-18-15(12)21/h2-4,8H,5-7H2,1H3,(H,17,20)(H,18,21). The molecular weight excluding hydrogens is 330 g/mol. The predicted molar refractivity (Wildman–Crippen MR) is 86.6 cm³/mol. The number of ether oxygens (including phenoxy) is 1. The fraction of sp³-hybridized carbons (Fsp3) is 0.250. The van der Waals surface area contributed by atoms with Gasteiger partial charge in [-0.15, -0.1) is 11.3 Å². The van der Waals surface area contributed by atoms with Crippen LogP contribution in [0.1, 0.15) is 37.0 Å². The van der Waals surface area contributed by atoms with Crippen molar-refractivity contribution >= 4 is 29.1 Å². The van der Waals surface area contributed by atoms with Crippen LogP contribution in [0.3, 0.4) is 0 Å². The van der Waals surface area contributed by atoms with E-state index in [4.69, 9.17) is 4.74 Å². The quantitative estimate of drug-likeness (QED) is 0.789. The highest BCUT2D eigenvalue weighted by molar-refractivity contribution is 7.09. The number of fused-ring (bicyclic) bond motifs is 1. The van der Waals surface area contributed by atoms with Gasteiger partial charge in [-0.25, -0.2) is 9.78 Å². The third kappa shape index (κ3) is 3.43. The summed E-state index contributed by atoms with van der Waals surface area (Å²) < 4.78 is 5.24. The van der Waals surface area contributed by atoms with Crippen LogP contribution >= 0.6 is 11.3 Å². The van der Waals surface area contributed by atoms with Crippen LogP contribution in [0.5, 0.6) is 0 Å². The van der Waals surface area contributed by atoms with E-state index in [1.807, 2.05) is 0 Å². The molecule has 7 nitrogen and oxygen atoms in total. The molecule has 1 aromatic heterocycles. The molecule has 2 aromatic rings. The lowest BCUT2D eigenvalue weighted by molar-refractivity contribution is -0.119. The van der Waals surface area contributed by atoms with E-state index in [-0.39, 0.29) is 24.8 Å². The molecule has 1 aromatic carbocycles. The summed E-state index contributed by atoms with van der Waals surface area (Å²) in [5.74, 6) is -0.719. The van der Waals surface area contributed by atoms with Crippen LogP contribution in [0.2, 0.25) is 0 Å².